The zero-order valence-corrected chi connectivity index (χ0v) is 15.4. The van der Waals surface area contributed by atoms with E-state index in [1.165, 1.54) is 4.31 Å². The second-order valence-corrected chi connectivity index (χ2v) is 9.37. The van der Waals surface area contributed by atoms with Crippen molar-refractivity contribution in [2.45, 2.75) is 57.5 Å². The predicted octanol–water partition coefficient (Wildman–Crippen LogP) is 3.23. The summed E-state index contributed by atoms with van der Waals surface area (Å²) in [5.41, 5.74) is 1.13. The minimum absolute atomic E-state index is 0.197. The first-order valence-corrected chi connectivity index (χ1v) is 9.92. The fourth-order valence-corrected chi connectivity index (χ4v) is 4.89. The third kappa shape index (κ3) is 4.55. The van der Waals surface area contributed by atoms with Crippen LogP contribution in [0, 0.1) is 11.8 Å². The SMILES string of the molecule is CC(C)CC1CC(O)CN(S(=O)(=O)c2ccc(C(C)C)cc2)C1. The number of sulfonamides is 1. The molecule has 0 saturated carbocycles. The highest BCUT2D eigenvalue weighted by molar-refractivity contribution is 7.89. The lowest BCUT2D eigenvalue weighted by Crippen LogP contribution is -2.46. The van der Waals surface area contributed by atoms with Crippen molar-refractivity contribution in [2.24, 2.45) is 11.8 Å². The molecule has 1 fully saturated rings. The highest BCUT2D eigenvalue weighted by Crippen LogP contribution is 2.28. The fraction of sp³-hybridized carbons (Fsp3) is 0.667. The lowest BCUT2D eigenvalue weighted by Gasteiger charge is -2.35. The van der Waals surface area contributed by atoms with Gasteiger partial charge in [-0.2, -0.15) is 4.31 Å². The molecule has 1 saturated heterocycles. The van der Waals surface area contributed by atoms with Crippen molar-refractivity contribution >= 4 is 10.0 Å². The molecular weight excluding hydrogens is 310 g/mol. The largest absolute Gasteiger partial charge is 0.392 e. The van der Waals surface area contributed by atoms with Crippen LogP contribution in [0.3, 0.4) is 0 Å². The van der Waals surface area contributed by atoms with Gasteiger partial charge in [0.2, 0.25) is 10.0 Å². The number of aliphatic hydroxyl groups is 1. The van der Waals surface area contributed by atoms with Crippen LogP contribution >= 0.6 is 0 Å². The number of hydrogen-bond acceptors (Lipinski definition) is 3. The Morgan fingerprint density at radius 1 is 1.13 bits per heavy atom. The van der Waals surface area contributed by atoms with Gasteiger partial charge in [0.15, 0.2) is 0 Å². The number of piperidine rings is 1. The number of hydrogen-bond donors (Lipinski definition) is 1. The molecule has 4 nitrogen and oxygen atoms in total. The monoisotopic (exact) mass is 339 g/mol. The van der Waals surface area contributed by atoms with Crippen molar-refractivity contribution in [3.63, 3.8) is 0 Å². The number of aliphatic hydroxyl groups excluding tert-OH is 1. The maximum atomic E-state index is 12.9. The van der Waals surface area contributed by atoms with Gasteiger partial charge in [-0.3, -0.25) is 0 Å². The predicted molar refractivity (Wildman–Crippen MR) is 92.9 cm³/mol. The second-order valence-electron chi connectivity index (χ2n) is 7.43. The summed E-state index contributed by atoms with van der Waals surface area (Å²) in [6, 6.07) is 7.12. The van der Waals surface area contributed by atoms with Gasteiger partial charge in [0.1, 0.15) is 0 Å². The Hall–Kier alpha value is -0.910. The maximum Gasteiger partial charge on any atom is 0.243 e. The Kier molecular flexibility index (Phi) is 5.87. The van der Waals surface area contributed by atoms with Crippen LogP contribution in [0.5, 0.6) is 0 Å². The van der Waals surface area contributed by atoms with Gasteiger partial charge >= 0.3 is 0 Å². The number of benzene rings is 1. The zero-order valence-electron chi connectivity index (χ0n) is 14.6. The third-order valence-corrected chi connectivity index (χ3v) is 6.32. The minimum atomic E-state index is -3.53. The molecule has 1 aromatic carbocycles. The lowest BCUT2D eigenvalue weighted by atomic mass is 9.89. The van der Waals surface area contributed by atoms with E-state index in [4.69, 9.17) is 0 Å². The van der Waals surface area contributed by atoms with Crippen LogP contribution in [0.25, 0.3) is 0 Å². The van der Waals surface area contributed by atoms with E-state index in [9.17, 15) is 13.5 Å². The molecule has 0 radical (unpaired) electrons. The number of β-amino-alcohol motifs (C(OH)–C–C–N with tert-alkyl or cyclic N) is 1. The van der Waals surface area contributed by atoms with Gasteiger partial charge in [-0.1, -0.05) is 39.8 Å². The molecule has 23 heavy (non-hydrogen) atoms. The summed E-state index contributed by atoms with van der Waals surface area (Å²) in [6.07, 6.45) is 1.06. The average Bonchev–Trinajstić information content (AvgIpc) is 2.46. The normalized spacial score (nSPS) is 23.6. The van der Waals surface area contributed by atoms with E-state index in [2.05, 4.69) is 27.7 Å². The molecular formula is C18H29NO3S. The molecule has 1 aliphatic rings. The first kappa shape index (κ1) is 18.4. The molecule has 0 spiro atoms. The summed E-state index contributed by atoms with van der Waals surface area (Å²) >= 11 is 0. The van der Waals surface area contributed by atoms with Crippen molar-refractivity contribution in [1.29, 1.82) is 0 Å². The van der Waals surface area contributed by atoms with E-state index >= 15 is 0 Å². The van der Waals surface area contributed by atoms with Gasteiger partial charge < -0.3 is 5.11 Å². The van der Waals surface area contributed by atoms with Gasteiger partial charge in [-0.15, -0.1) is 0 Å². The van der Waals surface area contributed by atoms with Crippen molar-refractivity contribution in [2.75, 3.05) is 13.1 Å². The summed E-state index contributed by atoms with van der Waals surface area (Å²) in [6.45, 7) is 9.13. The minimum Gasteiger partial charge on any atom is -0.392 e. The Labute approximate surface area is 140 Å². The van der Waals surface area contributed by atoms with Gasteiger partial charge in [0.25, 0.3) is 0 Å². The average molecular weight is 340 g/mol. The molecule has 130 valence electrons. The van der Waals surface area contributed by atoms with E-state index in [0.717, 1.165) is 12.0 Å². The number of rotatable bonds is 5. The van der Waals surface area contributed by atoms with E-state index in [1.807, 2.05) is 12.1 Å². The van der Waals surface area contributed by atoms with Gasteiger partial charge in [0, 0.05) is 13.1 Å². The molecule has 1 aliphatic heterocycles. The summed E-state index contributed by atoms with van der Waals surface area (Å²) < 4.78 is 27.2. The van der Waals surface area contributed by atoms with Crippen molar-refractivity contribution in [1.82, 2.24) is 4.31 Å². The van der Waals surface area contributed by atoms with Crippen LogP contribution in [0.15, 0.2) is 29.2 Å². The van der Waals surface area contributed by atoms with E-state index in [-0.39, 0.29) is 12.5 Å². The molecule has 1 aromatic rings. The molecule has 5 heteroatoms. The van der Waals surface area contributed by atoms with Crippen LogP contribution in [0.1, 0.15) is 52.0 Å². The van der Waals surface area contributed by atoms with Crippen LogP contribution < -0.4 is 0 Å². The maximum absolute atomic E-state index is 12.9. The number of nitrogens with zero attached hydrogens (tertiary/aromatic N) is 1. The summed E-state index contributed by atoms with van der Waals surface area (Å²) in [4.78, 5) is 0.319. The summed E-state index contributed by atoms with van der Waals surface area (Å²) in [7, 11) is -3.53. The van der Waals surface area contributed by atoms with E-state index < -0.39 is 16.1 Å². The Balaban J connectivity index is 2.20. The van der Waals surface area contributed by atoms with Crippen LogP contribution in [-0.2, 0) is 10.0 Å². The molecule has 1 N–H and O–H groups in total. The summed E-state index contributed by atoms with van der Waals surface area (Å²) in [5.74, 6) is 1.10. The van der Waals surface area contributed by atoms with Crippen LogP contribution in [0.4, 0.5) is 0 Å². The topological polar surface area (TPSA) is 57.6 Å². The van der Waals surface area contributed by atoms with Gasteiger partial charge in [0.05, 0.1) is 11.0 Å². The molecule has 2 rings (SSSR count). The van der Waals surface area contributed by atoms with Crippen molar-refractivity contribution in [3.05, 3.63) is 29.8 Å². The molecule has 0 bridgehead atoms. The summed E-state index contributed by atoms with van der Waals surface area (Å²) in [5, 5.41) is 10.1. The first-order valence-electron chi connectivity index (χ1n) is 8.48. The highest BCUT2D eigenvalue weighted by Gasteiger charge is 2.34. The molecule has 2 atom stereocenters. The van der Waals surface area contributed by atoms with Crippen molar-refractivity contribution < 1.29 is 13.5 Å². The Morgan fingerprint density at radius 2 is 1.74 bits per heavy atom. The zero-order chi connectivity index (χ0) is 17.2. The quantitative estimate of drug-likeness (QED) is 0.896. The smallest absolute Gasteiger partial charge is 0.243 e. The highest BCUT2D eigenvalue weighted by atomic mass is 32.2. The molecule has 0 aromatic heterocycles. The first-order chi connectivity index (χ1) is 10.7. The molecule has 0 aliphatic carbocycles. The lowest BCUT2D eigenvalue weighted by molar-refractivity contribution is 0.0702. The molecule has 0 amide bonds. The van der Waals surface area contributed by atoms with Crippen LogP contribution in [-0.4, -0.2) is 37.0 Å². The Morgan fingerprint density at radius 3 is 2.26 bits per heavy atom. The molecule has 1 heterocycles. The fourth-order valence-electron chi connectivity index (χ4n) is 3.34. The van der Waals surface area contributed by atoms with Gasteiger partial charge in [-0.05, 0) is 48.3 Å². The van der Waals surface area contributed by atoms with E-state index in [1.54, 1.807) is 12.1 Å². The van der Waals surface area contributed by atoms with Crippen LogP contribution in [0.2, 0.25) is 0 Å². The van der Waals surface area contributed by atoms with Crippen molar-refractivity contribution in [3.8, 4) is 0 Å². The Bertz CT molecular complexity index is 606. The standard InChI is InChI=1S/C18H29NO3S/c1-13(2)9-15-10-17(20)12-19(11-15)23(21,22)18-7-5-16(6-8-18)14(3)4/h5-8,13-15,17,20H,9-12H2,1-4H3. The van der Waals surface area contributed by atoms with Gasteiger partial charge in [-0.25, -0.2) is 8.42 Å². The third-order valence-electron chi connectivity index (χ3n) is 4.47. The second kappa shape index (κ2) is 7.32. The van der Waals surface area contributed by atoms with E-state index in [0.29, 0.717) is 29.7 Å². The molecule has 2 unspecified atom stereocenters.